The number of para-hydroxylation sites is 1. The standard InChI is InChI=1S/C43H38N2O11S4/c1-44-39-6-4-3-5-35(39)33(36-12-9-28(22-40(36)44)58(47,48)49)17-15-31-26-7-8-27(21-26)32(43(31)57-20-19-56-25-46)16-18-34-37-13-10-29(59(50,51)52)23-41(37)45(2)42-24-30(60(53,54)55)11-14-38(34)42/h3-6,9-18,22-27H,7-8,19-21H2,1-2H3,(H2-,47,48,49,50,51,52,53,54,55)/p+1. The largest absolute Gasteiger partial charge is 0.467 e. The van der Waals surface area contributed by atoms with Crippen LogP contribution in [0.5, 0.6) is 0 Å². The molecule has 4 aromatic carbocycles. The van der Waals surface area contributed by atoms with Crippen molar-refractivity contribution in [2.24, 2.45) is 18.9 Å². The molecule has 0 saturated heterocycles. The molecule has 2 unspecified atom stereocenters. The number of aromatic nitrogens is 1. The van der Waals surface area contributed by atoms with Crippen molar-refractivity contribution in [3.63, 3.8) is 0 Å². The highest BCUT2D eigenvalue weighted by atomic mass is 32.2. The lowest BCUT2D eigenvalue weighted by atomic mass is 9.83. The predicted octanol–water partition coefficient (Wildman–Crippen LogP) is 7.30. The summed E-state index contributed by atoms with van der Waals surface area (Å²) in [4.78, 5) is 12.8. The molecule has 3 aliphatic rings. The van der Waals surface area contributed by atoms with Crippen molar-refractivity contribution in [2.75, 3.05) is 24.3 Å². The third kappa shape index (κ3) is 7.70. The minimum atomic E-state index is -4.58. The number of nitrogens with zero attached hydrogens (tertiary/aromatic N) is 2. The summed E-state index contributed by atoms with van der Waals surface area (Å²) in [5.74, 6) is 0.873. The van der Waals surface area contributed by atoms with Gasteiger partial charge in [-0.2, -0.15) is 29.8 Å². The van der Waals surface area contributed by atoms with Crippen molar-refractivity contribution in [3.05, 3.63) is 130 Å². The number of benzene rings is 4. The molecule has 2 heterocycles. The van der Waals surface area contributed by atoms with Crippen LogP contribution in [0.4, 0.5) is 11.4 Å². The minimum Gasteiger partial charge on any atom is -0.467 e. The summed E-state index contributed by atoms with van der Waals surface area (Å²) < 4.78 is 110. The second-order valence-electron chi connectivity index (χ2n) is 14.9. The van der Waals surface area contributed by atoms with Crippen LogP contribution in [0.1, 0.15) is 36.0 Å². The molecule has 1 aromatic heterocycles. The number of aryl methyl sites for hydroxylation is 1. The minimum absolute atomic E-state index is 0.179. The van der Waals surface area contributed by atoms with Gasteiger partial charge in [-0.05, 0) is 90.3 Å². The maximum atomic E-state index is 12.2. The molecule has 2 aliphatic carbocycles. The molecule has 60 heavy (non-hydrogen) atoms. The Balaban J connectivity index is 1.32. The molecule has 17 heteroatoms. The molecule has 3 N–H and O–H groups in total. The monoisotopic (exact) mass is 887 g/mol. The topological polar surface area (TPSA) is 197 Å². The first-order valence-electron chi connectivity index (χ1n) is 18.8. The smallest absolute Gasteiger partial charge is 0.294 e. The summed E-state index contributed by atoms with van der Waals surface area (Å²) in [7, 11) is -10.1. The first kappa shape index (κ1) is 41.6. The Labute approximate surface area is 351 Å². The zero-order valence-electron chi connectivity index (χ0n) is 32.2. The van der Waals surface area contributed by atoms with Gasteiger partial charge in [-0.3, -0.25) is 18.5 Å². The fourth-order valence-corrected chi connectivity index (χ4v) is 11.4. The summed E-state index contributed by atoms with van der Waals surface area (Å²) in [6.07, 6.45) is 10.8. The van der Waals surface area contributed by atoms with Gasteiger partial charge in [0.15, 0.2) is 0 Å². The molecule has 2 atom stereocenters. The van der Waals surface area contributed by atoms with Crippen molar-refractivity contribution < 1.29 is 53.0 Å². The molecular weight excluding hydrogens is 849 g/mol. The van der Waals surface area contributed by atoms with Crippen molar-refractivity contribution in [1.29, 1.82) is 0 Å². The Morgan fingerprint density at radius 2 is 1.33 bits per heavy atom. The third-order valence-corrected chi connectivity index (χ3v) is 15.2. The SMILES string of the molecule is CN1c2cc(S(=O)(=O)O)ccc2C(=C/C=C2C(SCCOC=O)=C(/C=C/c3c4ccccc4[n+](C)c4cc(S(=O)(=O)O)ccc34)C3CCC/2C3)c2ccc(S(=O)(=O)O)cc21. The van der Waals surface area contributed by atoms with Crippen LogP contribution in [0.2, 0.25) is 0 Å². The second kappa shape index (κ2) is 15.7. The molecule has 1 saturated carbocycles. The van der Waals surface area contributed by atoms with Crippen molar-refractivity contribution in [3.8, 4) is 0 Å². The fourth-order valence-electron chi connectivity index (χ4n) is 8.69. The summed E-state index contributed by atoms with van der Waals surface area (Å²) in [5, 5.41) is 1.72. The highest BCUT2D eigenvalue weighted by Gasteiger charge is 2.37. The van der Waals surface area contributed by atoms with Gasteiger partial charge in [-0.25, -0.2) is 0 Å². The molecule has 310 valence electrons. The molecule has 0 radical (unpaired) electrons. The number of allylic oxidation sites excluding steroid dienone is 5. The average molecular weight is 888 g/mol. The Morgan fingerprint density at radius 1 is 0.750 bits per heavy atom. The molecule has 13 nitrogen and oxygen atoms in total. The van der Waals surface area contributed by atoms with Gasteiger partial charge < -0.3 is 9.64 Å². The zero-order chi connectivity index (χ0) is 42.7. The van der Waals surface area contributed by atoms with Crippen LogP contribution >= 0.6 is 11.8 Å². The first-order valence-corrected chi connectivity index (χ1v) is 24.1. The lowest BCUT2D eigenvalue weighted by molar-refractivity contribution is -0.617. The van der Waals surface area contributed by atoms with Crippen molar-refractivity contribution in [2.45, 2.75) is 33.9 Å². The van der Waals surface area contributed by atoms with Gasteiger partial charge in [0, 0.05) is 46.5 Å². The Bertz CT molecular complexity index is 3030. The van der Waals surface area contributed by atoms with E-state index < -0.39 is 30.4 Å². The molecule has 5 aromatic rings. The highest BCUT2D eigenvalue weighted by molar-refractivity contribution is 8.03. The maximum Gasteiger partial charge on any atom is 0.294 e. The van der Waals surface area contributed by atoms with E-state index in [1.54, 1.807) is 41.9 Å². The lowest BCUT2D eigenvalue weighted by Crippen LogP contribution is -2.30. The van der Waals surface area contributed by atoms with Crippen molar-refractivity contribution >= 4 is 93.4 Å². The maximum absolute atomic E-state index is 12.2. The van der Waals surface area contributed by atoms with Crippen LogP contribution in [-0.4, -0.2) is 64.8 Å². The van der Waals surface area contributed by atoms with Gasteiger partial charge in [0.1, 0.15) is 18.6 Å². The van der Waals surface area contributed by atoms with E-state index in [2.05, 4.69) is 6.08 Å². The molecular formula is C43H39N2O11S4+. The van der Waals surface area contributed by atoms with E-state index in [-0.39, 0.29) is 33.1 Å². The number of hydrogen-bond acceptors (Lipinski definition) is 10. The summed E-state index contributed by atoms with van der Waals surface area (Å²) in [6, 6.07) is 20.8. The van der Waals surface area contributed by atoms with Crippen LogP contribution in [0, 0.1) is 11.8 Å². The third-order valence-electron chi connectivity index (χ3n) is 11.5. The normalized spacial score (nSPS) is 18.7. The van der Waals surface area contributed by atoms with Crippen LogP contribution in [0.3, 0.4) is 0 Å². The van der Waals surface area contributed by atoms with E-state index in [0.29, 0.717) is 45.8 Å². The van der Waals surface area contributed by atoms with Gasteiger partial charge >= 0.3 is 0 Å². The second-order valence-corrected chi connectivity index (χ2v) is 20.2. The molecule has 1 aliphatic heterocycles. The van der Waals surface area contributed by atoms with E-state index in [1.807, 2.05) is 54.1 Å². The van der Waals surface area contributed by atoms with Gasteiger partial charge in [0.25, 0.3) is 36.8 Å². The van der Waals surface area contributed by atoms with E-state index in [0.717, 1.165) is 57.2 Å². The van der Waals surface area contributed by atoms with Crippen LogP contribution in [0.25, 0.3) is 33.5 Å². The zero-order valence-corrected chi connectivity index (χ0v) is 35.5. The highest BCUT2D eigenvalue weighted by Crippen LogP contribution is 2.53. The molecule has 1 fully saturated rings. The number of hydrogen-bond donors (Lipinski definition) is 3. The van der Waals surface area contributed by atoms with Gasteiger partial charge in [-0.15, -0.1) is 11.8 Å². The fraction of sp³-hybridized carbons (Fsp3) is 0.209. The Hall–Kier alpha value is -5.14. The Kier molecular flexibility index (Phi) is 10.9. The lowest BCUT2D eigenvalue weighted by Gasteiger charge is -2.32. The van der Waals surface area contributed by atoms with Crippen LogP contribution in [-0.2, 0) is 46.9 Å². The number of anilines is 2. The number of thioether (sulfide) groups is 1. The molecule has 0 spiro atoms. The number of carbonyl (C=O) groups is 1. The van der Waals surface area contributed by atoms with E-state index >= 15 is 0 Å². The predicted molar refractivity (Wildman–Crippen MR) is 230 cm³/mol. The van der Waals surface area contributed by atoms with Gasteiger partial charge in [-0.1, -0.05) is 48.6 Å². The summed E-state index contributed by atoms with van der Waals surface area (Å²) in [6.45, 7) is 0.592. The number of pyridine rings is 1. The van der Waals surface area contributed by atoms with E-state index in [1.165, 1.54) is 36.4 Å². The van der Waals surface area contributed by atoms with Gasteiger partial charge in [0.2, 0.25) is 11.0 Å². The van der Waals surface area contributed by atoms with Gasteiger partial charge in [0.05, 0.1) is 31.9 Å². The van der Waals surface area contributed by atoms with Crippen LogP contribution in [0.15, 0.2) is 128 Å². The van der Waals surface area contributed by atoms with E-state index in [4.69, 9.17) is 4.74 Å². The summed E-state index contributed by atoms with van der Waals surface area (Å²) >= 11 is 1.57. The Morgan fingerprint density at radius 3 is 1.97 bits per heavy atom. The average Bonchev–Trinajstić information content (AvgIpc) is 3.64. The molecule has 8 rings (SSSR count). The molecule has 2 bridgehead atoms. The quantitative estimate of drug-likeness (QED) is 0.0393. The number of rotatable bonds is 11. The first-order chi connectivity index (χ1) is 28.5. The number of carbonyl (C=O) groups excluding carboxylic acids is 1. The van der Waals surface area contributed by atoms with Crippen molar-refractivity contribution in [1.82, 2.24) is 0 Å². The molecule has 0 amide bonds. The summed E-state index contributed by atoms with van der Waals surface area (Å²) in [5.41, 5.74) is 7.14. The number of fused-ring (bicyclic) bond motifs is 6. The van der Waals surface area contributed by atoms with E-state index in [9.17, 15) is 43.7 Å². The number of ether oxygens (including phenoxy) is 1. The van der Waals surface area contributed by atoms with Crippen LogP contribution < -0.4 is 9.47 Å².